The van der Waals surface area contributed by atoms with Crippen molar-refractivity contribution >= 4 is 17.2 Å². The molecule has 3 rings (SSSR count). The van der Waals surface area contributed by atoms with Gasteiger partial charge in [-0.25, -0.2) is 4.68 Å². The molecule has 0 radical (unpaired) electrons. The second-order valence-corrected chi connectivity index (χ2v) is 6.32. The Morgan fingerprint density at radius 2 is 2.09 bits per heavy atom. The molecule has 0 bridgehead atoms. The molecule has 0 fully saturated rings. The number of tetrazole rings is 1. The maximum atomic E-state index is 13.0. The number of aromatic nitrogens is 4. The van der Waals surface area contributed by atoms with Crippen LogP contribution in [-0.4, -0.2) is 38.1 Å². The number of aryl methyl sites for hydroxylation is 1. The predicted molar refractivity (Wildman–Crippen MR) is 87.9 cm³/mol. The number of carbonyl (C=O) groups is 1. The fraction of sp³-hybridized carbons (Fsp3) is 0.250. The van der Waals surface area contributed by atoms with Gasteiger partial charge in [0, 0.05) is 11.9 Å². The summed E-state index contributed by atoms with van der Waals surface area (Å²) in [5.41, 5.74) is 2.06. The van der Waals surface area contributed by atoms with Crippen LogP contribution in [0, 0.1) is 6.92 Å². The van der Waals surface area contributed by atoms with Crippen LogP contribution in [0.1, 0.15) is 22.0 Å². The Labute approximate surface area is 138 Å². The van der Waals surface area contributed by atoms with Gasteiger partial charge >= 0.3 is 0 Å². The zero-order valence-corrected chi connectivity index (χ0v) is 13.8. The van der Waals surface area contributed by atoms with Gasteiger partial charge in [0.1, 0.15) is 6.33 Å². The first kappa shape index (κ1) is 15.4. The summed E-state index contributed by atoms with van der Waals surface area (Å²) >= 11 is 1.66. The Morgan fingerprint density at radius 3 is 2.70 bits per heavy atom. The second kappa shape index (κ2) is 6.70. The van der Waals surface area contributed by atoms with E-state index in [0.717, 1.165) is 5.56 Å². The molecular formula is C16H17N5OS. The summed E-state index contributed by atoms with van der Waals surface area (Å²) in [5.74, 6) is -0.0451. The molecule has 0 N–H and O–H groups in total. The lowest BCUT2D eigenvalue weighted by molar-refractivity contribution is -0.133. The number of benzene rings is 1. The molecule has 23 heavy (non-hydrogen) atoms. The quantitative estimate of drug-likeness (QED) is 0.721. The molecule has 118 valence electrons. The Kier molecular flexibility index (Phi) is 4.47. The highest BCUT2D eigenvalue weighted by Gasteiger charge is 2.27. The number of rotatable bonds is 5. The van der Waals surface area contributed by atoms with Crippen LogP contribution in [0.15, 0.2) is 48.1 Å². The minimum Gasteiger partial charge on any atom is -0.338 e. The standard InChI is InChI=1S/C16H17N5OS/c1-12-8-9-23-14(12)10-20(2)16(22)15(21-11-17-18-19-21)13-6-4-3-5-7-13/h3-9,11,15H,10H2,1-2H3. The van der Waals surface area contributed by atoms with E-state index in [1.54, 1.807) is 16.2 Å². The minimum atomic E-state index is -0.559. The zero-order valence-electron chi connectivity index (χ0n) is 13.0. The summed E-state index contributed by atoms with van der Waals surface area (Å²) in [6, 6.07) is 11.1. The van der Waals surface area contributed by atoms with Gasteiger partial charge in [0.15, 0.2) is 6.04 Å². The smallest absolute Gasteiger partial charge is 0.252 e. The largest absolute Gasteiger partial charge is 0.338 e. The van der Waals surface area contributed by atoms with E-state index in [2.05, 4.69) is 28.5 Å². The first-order valence-electron chi connectivity index (χ1n) is 7.22. The van der Waals surface area contributed by atoms with Crippen LogP contribution in [0.4, 0.5) is 0 Å². The lowest BCUT2D eigenvalue weighted by atomic mass is 10.1. The molecule has 0 aliphatic carbocycles. The Morgan fingerprint density at radius 1 is 1.30 bits per heavy atom. The molecule has 1 amide bonds. The Bertz CT molecular complexity index is 769. The van der Waals surface area contributed by atoms with Crippen molar-refractivity contribution < 1.29 is 4.79 Å². The van der Waals surface area contributed by atoms with Crippen LogP contribution >= 0.6 is 11.3 Å². The van der Waals surface area contributed by atoms with Crippen molar-refractivity contribution in [2.24, 2.45) is 0 Å². The third-order valence-corrected chi connectivity index (χ3v) is 4.71. The van der Waals surface area contributed by atoms with Crippen molar-refractivity contribution in [3.8, 4) is 0 Å². The maximum Gasteiger partial charge on any atom is 0.252 e. The molecule has 7 heteroatoms. The maximum absolute atomic E-state index is 13.0. The molecule has 1 unspecified atom stereocenters. The molecule has 1 atom stereocenters. The van der Waals surface area contributed by atoms with Gasteiger partial charge in [0.2, 0.25) is 0 Å². The fourth-order valence-electron chi connectivity index (χ4n) is 2.40. The van der Waals surface area contributed by atoms with Gasteiger partial charge in [0.05, 0.1) is 6.54 Å². The number of hydrogen-bond donors (Lipinski definition) is 0. The van der Waals surface area contributed by atoms with Crippen LogP contribution in [0.3, 0.4) is 0 Å². The van der Waals surface area contributed by atoms with Crippen molar-refractivity contribution in [2.45, 2.75) is 19.5 Å². The number of amides is 1. The van der Waals surface area contributed by atoms with E-state index in [9.17, 15) is 4.79 Å². The summed E-state index contributed by atoms with van der Waals surface area (Å²) in [4.78, 5) is 15.9. The second-order valence-electron chi connectivity index (χ2n) is 5.32. The monoisotopic (exact) mass is 327 g/mol. The van der Waals surface area contributed by atoms with Crippen molar-refractivity contribution in [1.82, 2.24) is 25.1 Å². The SMILES string of the molecule is Cc1ccsc1CN(C)C(=O)C(c1ccccc1)n1cnnn1. The van der Waals surface area contributed by atoms with Crippen molar-refractivity contribution in [1.29, 1.82) is 0 Å². The lowest BCUT2D eigenvalue weighted by Gasteiger charge is -2.23. The van der Waals surface area contributed by atoms with Gasteiger partial charge in [-0.15, -0.1) is 16.4 Å². The highest BCUT2D eigenvalue weighted by atomic mass is 32.1. The highest BCUT2D eigenvalue weighted by Crippen LogP contribution is 2.22. The summed E-state index contributed by atoms with van der Waals surface area (Å²) in [6.45, 7) is 2.63. The molecule has 0 saturated heterocycles. The molecule has 3 aromatic rings. The molecular weight excluding hydrogens is 310 g/mol. The van der Waals surface area contributed by atoms with Crippen molar-refractivity contribution in [2.75, 3.05) is 7.05 Å². The lowest BCUT2D eigenvalue weighted by Crippen LogP contribution is -2.35. The van der Waals surface area contributed by atoms with Crippen molar-refractivity contribution in [3.63, 3.8) is 0 Å². The van der Waals surface area contributed by atoms with Crippen molar-refractivity contribution in [3.05, 3.63) is 64.1 Å². The molecule has 2 aromatic heterocycles. The fourth-order valence-corrected chi connectivity index (χ4v) is 3.36. The molecule has 6 nitrogen and oxygen atoms in total. The molecule has 1 aromatic carbocycles. The zero-order chi connectivity index (χ0) is 16.2. The summed E-state index contributed by atoms with van der Waals surface area (Å²) < 4.78 is 1.50. The number of carbonyl (C=O) groups excluding carboxylic acids is 1. The molecule has 0 spiro atoms. The predicted octanol–water partition coefficient (Wildman–Crippen LogP) is 2.29. The van der Waals surface area contributed by atoms with E-state index < -0.39 is 6.04 Å². The minimum absolute atomic E-state index is 0.0451. The van der Waals surface area contributed by atoms with E-state index in [1.165, 1.54) is 21.4 Å². The van der Waals surface area contributed by atoms with Crippen LogP contribution < -0.4 is 0 Å². The Hall–Kier alpha value is -2.54. The van der Waals surface area contributed by atoms with E-state index in [4.69, 9.17) is 0 Å². The third-order valence-electron chi connectivity index (χ3n) is 3.70. The van der Waals surface area contributed by atoms with Gasteiger partial charge in [-0.3, -0.25) is 4.79 Å². The topological polar surface area (TPSA) is 63.9 Å². The van der Waals surface area contributed by atoms with E-state index in [-0.39, 0.29) is 5.91 Å². The normalized spacial score (nSPS) is 12.1. The molecule has 2 heterocycles. The third kappa shape index (κ3) is 3.29. The number of hydrogen-bond acceptors (Lipinski definition) is 5. The average Bonchev–Trinajstić information content (AvgIpc) is 3.21. The molecule has 0 aliphatic rings. The van der Waals surface area contributed by atoms with Gasteiger partial charge in [-0.2, -0.15) is 0 Å². The first-order chi connectivity index (χ1) is 11.2. The summed E-state index contributed by atoms with van der Waals surface area (Å²) in [6.07, 6.45) is 1.47. The molecule has 0 aliphatic heterocycles. The number of thiophene rings is 1. The first-order valence-corrected chi connectivity index (χ1v) is 8.10. The number of nitrogens with zero attached hydrogens (tertiary/aromatic N) is 5. The molecule has 0 saturated carbocycles. The van der Waals surface area contributed by atoms with E-state index in [0.29, 0.717) is 6.54 Å². The summed E-state index contributed by atoms with van der Waals surface area (Å²) in [7, 11) is 1.81. The van der Waals surface area contributed by atoms with E-state index in [1.807, 2.05) is 42.8 Å². The van der Waals surface area contributed by atoms with Gasteiger partial charge < -0.3 is 4.90 Å². The van der Waals surface area contributed by atoms with Crippen LogP contribution in [0.2, 0.25) is 0 Å². The average molecular weight is 327 g/mol. The van der Waals surface area contributed by atoms with Gasteiger partial charge in [0.25, 0.3) is 5.91 Å². The highest BCUT2D eigenvalue weighted by molar-refractivity contribution is 7.10. The van der Waals surface area contributed by atoms with Crippen LogP contribution in [-0.2, 0) is 11.3 Å². The Balaban J connectivity index is 1.87. The van der Waals surface area contributed by atoms with Crippen LogP contribution in [0.25, 0.3) is 0 Å². The van der Waals surface area contributed by atoms with Gasteiger partial charge in [-0.05, 0) is 39.9 Å². The van der Waals surface area contributed by atoms with E-state index >= 15 is 0 Å². The van der Waals surface area contributed by atoms with Crippen LogP contribution in [0.5, 0.6) is 0 Å². The van der Waals surface area contributed by atoms with Gasteiger partial charge in [-0.1, -0.05) is 30.3 Å². The number of likely N-dealkylation sites (N-methyl/N-ethyl adjacent to an activating group) is 1. The summed E-state index contributed by atoms with van der Waals surface area (Å²) in [5, 5.41) is 13.3.